The molecule has 1 N–H and O–H groups in total. The number of hydrogen-bond donors (Lipinski definition) is 1. The number of hydrogen-bond acceptors (Lipinski definition) is 2. The van der Waals surface area contributed by atoms with Crippen LogP contribution in [0.3, 0.4) is 0 Å². The first-order chi connectivity index (χ1) is 8.72. The molecule has 110 valence electrons. The van der Waals surface area contributed by atoms with Gasteiger partial charge >= 0.3 is 6.18 Å². The number of rotatable bonds is 2. The van der Waals surface area contributed by atoms with Gasteiger partial charge in [0.05, 0.1) is 0 Å². The van der Waals surface area contributed by atoms with E-state index in [0.717, 1.165) is 24.3 Å². The van der Waals surface area contributed by atoms with Crippen molar-refractivity contribution in [3.8, 4) is 0 Å². The molecule has 0 aromatic carbocycles. The molecule has 1 unspecified atom stereocenters. The van der Waals surface area contributed by atoms with Gasteiger partial charge in [-0.3, -0.25) is 10.2 Å². The molecule has 3 nitrogen and oxygen atoms in total. The maximum absolute atomic E-state index is 13.4. The summed E-state index contributed by atoms with van der Waals surface area (Å²) in [6, 6.07) is -1.56. The van der Waals surface area contributed by atoms with Gasteiger partial charge in [0, 0.05) is 12.0 Å². The zero-order chi connectivity index (χ0) is 14.3. The second kappa shape index (κ2) is 4.96. The maximum Gasteiger partial charge on any atom is 0.406 e. The monoisotopic (exact) mass is 278 g/mol. The Bertz CT molecular complexity index is 348. The molecule has 1 saturated heterocycles. The van der Waals surface area contributed by atoms with Crippen molar-refractivity contribution < 1.29 is 18.0 Å². The van der Waals surface area contributed by atoms with Gasteiger partial charge in [0.15, 0.2) is 0 Å². The number of amides is 1. The van der Waals surface area contributed by atoms with Crippen LogP contribution in [0.1, 0.15) is 52.4 Å². The molecule has 1 heterocycles. The van der Waals surface area contributed by atoms with Crippen LogP contribution in [0.5, 0.6) is 0 Å². The van der Waals surface area contributed by atoms with Crippen molar-refractivity contribution in [2.45, 2.75) is 70.1 Å². The third-order valence-electron chi connectivity index (χ3n) is 4.20. The smallest absolute Gasteiger partial charge is 0.288 e. The Balaban J connectivity index is 2.25. The van der Waals surface area contributed by atoms with Gasteiger partial charge in [-0.15, -0.1) is 0 Å². The second-order valence-electron chi connectivity index (χ2n) is 6.28. The van der Waals surface area contributed by atoms with Crippen molar-refractivity contribution >= 4 is 5.91 Å². The zero-order valence-electron chi connectivity index (χ0n) is 11.4. The van der Waals surface area contributed by atoms with E-state index < -0.39 is 23.7 Å². The Kier molecular flexibility index (Phi) is 3.82. The summed E-state index contributed by atoms with van der Waals surface area (Å²) in [6.45, 7) is 3.37. The van der Waals surface area contributed by atoms with Crippen molar-refractivity contribution in [3.05, 3.63) is 0 Å². The minimum absolute atomic E-state index is 0.117. The van der Waals surface area contributed by atoms with Crippen molar-refractivity contribution in [1.82, 2.24) is 10.4 Å². The Hall–Kier alpha value is -0.780. The fourth-order valence-corrected chi connectivity index (χ4v) is 3.32. The highest BCUT2D eigenvalue weighted by atomic mass is 19.4. The molecule has 0 aromatic heterocycles. The van der Waals surface area contributed by atoms with Crippen molar-refractivity contribution in [2.75, 3.05) is 0 Å². The molecule has 19 heavy (non-hydrogen) atoms. The van der Waals surface area contributed by atoms with Crippen molar-refractivity contribution in [1.29, 1.82) is 0 Å². The van der Waals surface area contributed by atoms with Crippen molar-refractivity contribution in [3.63, 3.8) is 0 Å². The highest BCUT2D eigenvalue weighted by molar-refractivity contribution is 5.78. The summed E-state index contributed by atoms with van der Waals surface area (Å²) in [6.07, 6.45) is -0.307. The van der Waals surface area contributed by atoms with E-state index in [-0.39, 0.29) is 12.3 Å². The van der Waals surface area contributed by atoms with Crippen LogP contribution < -0.4 is 5.43 Å². The molecule has 1 aliphatic heterocycles. The van der Waals surface area contributed by atoms with Crippen molar-refractivity contribution in [2.24, 2.45) is 5.92 Å². The topological polar surface area (TPSA) is 32.3 Å². The van der Waals surface area contributed by atoms with E-state index in [1.165, 1.54) is 0 Å². The predicted octanol–water partition coefficient (Wildman–Crippen LogP) is 3.01. The van der Waals surface area contributed by atoms with Crippen LogP contribution in [0.15, 0.2) is 0 Å². The Morgan fingerprint density at radius 1 is 1.26 bits per heavy atom. The van der Waals surface area contributed by atoms with Crippen LogP contribution in [0, 0.1) is 5.92 Å². The molecule has 0 spiro atoms. The molecule has 1 amide bonds. The van der Waals surface area contributed by atoms with Crippen LogP contribution in [0.25, 0.3) is 0 Å². The fraction of sp³-hybridized carbons (Fsp3) is 0.923. The van der Waals surface area contributed by atoms with E-state index in [4.69, 9.17) is 0 Å². The highest BCUT2D eigenvalue weighted by Gasteiger charge is 2.55. The van der Waals surface area contributed by atoms with E-state index >= 15 is 0 Å². The van der Waals surface area contributed by atoms with E-state index in [2.05, 4.69) is 5.43 Å². The van der Waals surface area contributed by atoms with Gasteiger partial charge < -0.3 is 0 Å². The summed E-state index contributed by atoms with van der Waals surface area (Å²) in [7, 11) is 0. The summed E-state index contributed by atoms with van der Waals surface area (Å²) in [4.78, 5) is 11.5. The lowest BCUT2D eigenvalue weighted by Gasteiger charge is -2.42. The van der Waals surface area contributed by atoms with Crippen LogP contribution in [-0.2, 0) is 4.79 Å². The van der Waals surface area contributed by atoms with Gasteiger partial charge in [0.25, 0.3) is 0 Å². The Morgan fingerprint density at radius 3 is 2.26 bits per heavy atom. The average Bonchev–Trinajstić information content (AvgIpc) is 2.52. The van der Waals surface area contributed by atoms with E-state index in [1.807, 2.05) is 0 Å². The van der Waals surface area contributed by atoms with Crippen LogP contribution in [0.2, 0.25) is 0 Å². The number of carbonyl (C=O) groups excluding carboxylic acids is 1. The molecule has 0 aromatic rings. The quantitative estimate of drug-likeness (QED) is 0.842. The second-order valence-corrected chi connectivity index (χ2v) is 6.28. The number of nitrogens with zero attached hydrogens (tertiary/aromatic N) is 1. The van der Waals surface area contributed by atoms with Crippen LogP contribution in [0.4, 0.5) is 13.2 Å². The lowest BCUT2D eigenvalue weighted by molar-refractivity contribution is -0.217. The minimum atomic E-state index is -4.31. The van der Waals surface area contributed by atoms with Gasteiger partial charge in [0.1, 0.15) is 6.04 Å². The number of hydrazine groups is 1. The van der Waals surface area contributed by atoms with Gasteiger partial charge in [-0.25, -0.2) is 5.01 Å². The normalized spacial score (nSPS) is 27.3. The first-order valence-electron chi connectivity index (χ1n) is 6.87. The van der Waals surface area contributed by atoms with Gasteiger partial charge in [-0.1, -0.05) is 19.3 Å². The molecule has 1 aliphatic carbocycles. The van der Waals surface area contributed by atoms with Crippen LogP contribution >= 0.6 is 0 Å². The summed E-state index contributed by atoms with van der Waals surface area (Å²) in [5.74, 6) is -0.735. The number of halogens is 3. The first kappa shape index (κ1) is 14.6. The number of carbonyl (C=O) groups is 1. The Morgan fingerprint density at radius 2 is 1.84 bits per heavy atom. The van der Waals surface area contributed by atoms with E-state index in [9.17, 15) is 18.0 Å². The molecule has 6 heteroatoms. The summed E-state index contributed by atoms with van der Waals surface area (Å²) in [5, 5.41) is 1.16. The zero-order valence-corrected chi connectivity index (χ0v) is 11.4. The average molecular weight is 278 g/mol. The number of nitrogens with one attached hydrogen (secondary N) is 1. The number of alkyl halides is 3. The maximum atomic E-state index is 13.4. The molecular weight excluding hydrogens is 257 g/mol. The molecule has 0 radical (unpaired) electrons. The standard InChI is InChI=1S/C13H21F3N2O/c1-12(2)8-10(19)17-18(12)11(13(14,15)16)9-6-4-3-5-7-9/h9,11H,3-8H2,1-2H3,(H,17,19). The molecule has 1 atom stereocenters. The summed E-state index contributed by atoms with van der Waals surface area (Å²) < 4.78 is 40.3. The Labute approximate surface area is 111 Å². The highest BCUT2D eigenvalue weighted by Crippen LogP contribution is 2.41. The summed E-state index contributed by atoms with van der Waals surface area (Å²) >= 11 is 0. The van der Waals surface area contributed by atoms with Gasteiger partial charge in [0.2, 0.25) is 5.91 Å². The largest absolute Gasteiger partial charge is 0.406 e. The first-order valence-corrected chi connectivity index (χ1v) is 6.87. The fourth-order valence-electron chi connectivity index (χ4n) is 3.32. The lowest BCUT2D eigenvalue weighted by Crippen LogP contribution is -2.59. The van der Waals surface area contributed by atoms with Gasteiger partial charge in [-0.2, -0.15) is 13.2 Å². The molecule has 0 bridgehead atoms. The summed E-state index contributed by atoms with van der Waals surface area (Å²) in [5.41, 5.74) is 1.64. The lowest BCUT2D eigenvalue weighted by atomic mass is 9.82. The molecule has 1 saturated carbocycles. The molecule has 2 fully saturated rings. The SMILES string of the molecule is CC1(C)CC(=O)NN1C(C1CCCCC1)C(F)(F)F. The van der Waals surface area contributed by atoms with E-state index in [1.54, 1.807) is 13.8 Å². The third-order valence-corrected chi connectivity index (χ3v) is 4.20. The van der Waals surface area contributed by atoms with E-state index in [0.29, 0.717) is 12.8 Å². The third kappa shape index (κ3) is 3.04. The van der Waals surface area contributed by atoms with Crippen LogP contribution in [-0.4, -0.2) is 28.7 Å². The molecule has 2 rings (SSSR count). The molecular formula is C13H21F3N2O. The van der Waals surface area contributed by atoms with Gasteiger partial charge in [-0.05, 0) is 32.6 Å². The predicted molar refractivity (Wildman–Crippen MR) is 65.1 cm³/mol. The minimum Gasteiger partial charge on any atom is -0.288 e. The molecule has 2 aliphatic rings.